The molecule has 1 aliphatic rings. The van der Waals surface area contributed by atoms with Gasteiger partial charge in [-0.1, -0.05) is 36.4 Å². The third-order valence-corrected chi connectivity index (χ3v) is 3.08. The Morgan fingerprint density at radius 2 is 2.00 bits per heavy atom. The van der Waals surface area contributed by atoms with Crippen molar-refractivity contribution in [1.29, 1.82) is 0 Å². The molecule has 1 aliphatic carbocycles. The summed E-state index contributed by atoms with van der Waals surface area (Å²) < 4.78 is 0.678. The highest BCUT2D eigenvalue weighted by Gasteiger charge is 2.43. The van der Waals surface area contributed by atoms with Crippen molar-refractivity contribution in [3.05, 3.63) is 0 Å². The maximum Gasteiger partial charge on any atom is 0.0223 e. The molecule has 1 saturated carbocycles. The maximum atomic E-state index is 2.51. The topological polar surface area (TPSA) is 0 Å². The van der Waals surface area contributed by atoms with Crippen molar-refractivity contribution in [2.45, 2.75) is 23.7 Å². The van der Waals surface area contributed by atoms with Crippen LogP contribution in [0.2, 0.25) is 0 Å². The quantitative estimate of drug-likeness (QED) is 0.411. The molecule has 2 atom stereocenters. The van der Waals surface area contributed by atoms with Crippen LogP contribution in [0.3, 0.4) is 0 Å². The molecular formula is C5H9I. The van der Waals surface area contributed by atoms with E-state index in [-0.39, 0.29) is 0 Å². The van der Waals surface area contributed by atoms with Gasteiger partial charge in [0.1, 0.15) is 0 Å². The third kappa shape index (κ3) is 0.695. The fourth-order valence-corrected chi connectivity index (χ4v) is 1.20. The zero-order chi connectivity index (χ0) is 4.78. The molecule has 0 N–H and O–H groups in total. The van der Waals surface area contributed by atoms with Gasteiger partial charge in [-0.3, -0.25) is 0 Å². The van der Waals surface area contributed by atoms with Gasteiger partial charge in [0.05, 0.1) is 0 Å². The van der Waals surface area contributed by atoms with Crippen molar-refractivity contribution in [3.63, 3.8) is 0 Å². The third-order valence-electron chi connectivity index (χ3n) is 1.57. The van der Waals surface area contributed by atoms with Gasteiger partial charge < -0.3 is 0 Å². The molecule has 6 heavy (non-hydrogen) atoms. The van der Waals surface area contributed by atoms with Crippen molar-refractivity contribution < 1.29 is 0 Å². The van der Waals surface area contributed by atoms with Gasteiger partial charge in [0, 0.05) is 3.42 Å². The van der Waals surface area contributed by atoms with Crippen molar-refractivity contribution >= 4 is 22.6 Å². The molecule has 1 heteroatoms. The summed E-state index contributed by atoms with van der Waals surface area (Å²) in [7, 11) is 0. The van der Waals surface area contributed by atoms with Gasteiger partial charge in [0.25, 0.3) is 0 Å². The smallest absolute Gasteiger partial charge is 0.0223 e. The summed E-state index contributed by atoms with van der Waals surface area (Å²) in [6, 6.07) is 0. The van der Waals surface area contributed by atoms with Gasteiger partial charge >= 0.3 is 0 Å². The predicted molar refractivity (Wildman–Crippen MR) is 36.2 cm³/mol. The SMILES string of the molecule is CC1CC1(C)I. The summed E-state index contributed by atoms with van der Waals surface area (Å²) in [5, 5.41) is 0. The normalized spacial score (nSPS) is 55.5. The van der Waals surface area contributed by atoms with Gasteiger partial charge in [-0.15, -0.1) is 0 Å². The van der Waals surface area contributed by atoms with E-state index in [1.54, 1.807) is 0 Å². The van der Waals surface area contributed by atoms with E-state index in [2.05, 4.69) is 36.4 Å². The molecular weight excluding hydrogens is 187 g/mol. The number of hydrogen-bond donors (Lipinski definition) is 0. The van der Waals surface area contributed by atoms with Crippen LogP contribution >= 0.6 is 22.6 Å². The van der Waals surface area contributed by atoms with Crippen LogP contribution < -0.4 is 0 Å². The summed E-state index contributed by atoms with van der Waals surface area (Å²) in [5.74, 6) is 0.984. The second-order valence-electron chi connectivity index (χ2n) is 2.38. The number of alkyl halides is 1. The Kier molecular flexibility index (Phi) is 0.905. The monoisotopic (exact) mass is 196 g/mol. The molecule has 0 saturated heterocycles. The first kappa shape index (κ1) is 4.88. The standard InChI is InChI=1S/C5H9I/c1-4-3-5(4,2)6/h4H,3H2,1-2H3. The molecule has 2 unspecified atom stereocenters. The van der Waals surface area contributed by atoms with E-state index in [0.717, 1.165) is 5.92 Å². The molecule has 0 spiro atoms. The molecule has 0 aromatic rings. The van der Waals surface area contributed by atoms with Crippen LogP contribution in [0.1, 0.15) is 20.3 Å². The van der Waals surface area contributed by atoms with Gasteiger partial charge in [0.2, 0.25) is 0 Å². The minimum Gasteiger partial charge on any atom is -0.0789 e. The molecule has 0 aromatic heterocycles. The first-order valence-electron chi connectivity index (χ1n) is 2.32. The summed E-state index contributed by atoms with van der Waals surface area (Å²) in [6.45, 7) is 4.60. The van der Waals surface area contributed by atoms with E-state index in [1.165, 1.54) is 6.42 Å². The summed E-state index contributed by atoms with van der Waals surface area (Å²) in [6.07, 6.45) is 1.42. The van der Waals surface area contributed by atoms with E-state index >= 15 is 0 Å². The van der Waals surface area contributed by atoms with Crippen molar-refractivity contribution in [3.8, 4) is 0 Å². The van der Waals surface area contributed by atoms with Gasteiger partial charge in [-0.25, -0.2) is 0 Å². The highest BCUT2D eigenvalue weighted by atomic mass is 127. The lowest BCUT2D eigenvalue weighted by Gasteiger charge is -1.89. The fraction of sp³-hybridized carbons (Fsp3) is 1.00. The molecule has 1 rings (SSSR count). The lowest BCUT2D eigenvalue weighted by Crippen LogP contribution is -1.86. The molecule has 1 fully saturated rings. The summed E-state index contributed by atoms with van der Waals surface area (Å²) in [4.78, 5) is 0. The van der Waals surface area contributed by atoms with Crippen LogP contribution in [-0.2, 0) is 0 Å². The second kappa shape index (κ2) is 1.11. The first-order valence-corrected chi connectivity index (χ1v) is 3.40. The highest BCUT2D eigenvalue weighted by Crippen LogP contribution is 2.50. The number of halogens is 1. The lowest BCUT2D eigenvalue weighted by molar-refractivity contribution is 0.904. The summed E-state index contributed by atoms with van der Waals surface area (Å²) >= 11 is 2.51. The molecule has 0 nitrogen and oxygen atoms in total. The molecule has 36 valence electrons. The zero-order valence-electron chi connectivity index (χ0n) is 4.16. The molecule has 0 bridgehead atoms. The molecule has 0 aliphatic heterocycles. The van der Waals surface area contributed by atoms with Crippen molar-refractivity contribution in [2.24, 2.45) is 5.92 Å². The van der Waals surface area contributed by atoms with Crippen LogP contribution in [0.4, 0.5) is 0 Å². The minimum atomic E-state index is 0.678. The Bertz CT molecular complexity index is 66.3. The summed E-state index contributed by atoms with van der Waals surface area (Å²) in [5.41, 5.74) is 0. The molecule has 0 aromatic carbocycles. The molecule has 0 amide bonds. The van der Waals surface area contributed by atoms with Crippen LogP contribution in [0.15, 0.2) is 0 Å². The number of hydrogen-bond acceptors (Lipinski definition) is 0. The van der Waals surface area contributed by atoms with E-state index < -0.39 is 0 Å². The average molecular weight is 196 g/mol. The molecule has 0 heterocycles. The van der Waals surface area contributed by atoms with Crippen LogP contribution in [0, 0.1) is 5.92 Å². The van der Waals surface area contributed by atoms with Gasteiger partial charge in [0.15, 0.2) is 0 Å². The van der Waals surface area contributed by atoms with Crippen LogP contribution in [0.25, 0.3) is 0 Å². The lowest BCUT2D eigenvalue weighted by atomic mass is 10.4. The predicted octanol–water partition coefficient (Wildman–Crippen LogP) is 2.22. The highest BCUT2D eigenvalue weighted by molar-refractivity contribution is 14.1. The first-order chi connectivity index (χ1) is 2.63. The Labute approximate surface area is 52.5 Å². The fourth-order valence-electron chi connectivity index (χ4n) is 0.540. The Morgan fingerprint density at radius 3 is 2.00 bits per heavy atom. The molecule has 0 radical (unpaired) electrons. The minimum absolute atomic E-state index is 0.678. The Morgan fingerprint density at radius 1 is 1.83 bits per heavy atom. The zero-order valence-corrected chi connectivity index (χ0v) is 6.32. The van der Waals surface area contributed by atoms with Crippen LogP contribution in [0.5, 0.6) is 0 Å². The van der Waals surface area contributed by atoms with E-state index in [9.17, 15) is 0 Å². The Hall–Kier alpha value is 0.730. The van der Waals surface area contributed by atoms with Crippen molar-refractivity contribution in [1.82, 2.24) is 0 Å². The Balaban J connectivity index is 2.41. The van der Waals surface area contributed by atoms with Gasteiger partial charge in [-0.05, 0) is 12.3 Å². The van der Waals surface area contributed by atoms with Gasteiger partial charge in [-0.2, -0.15) is 0 Å². The largest absolute Gasteiger partial charge is 0.0789 e. The average Bonchev–Trinajstić information content (AvgIpc) is 1.73. The number of rotatable bonds is 0. The van der Waals surface area contributed by atoms with Crippen molar-refractivity contribution in [2.75, 3.05) is 0 Å². The van der Waals surface area contributed by atoms with E-state index in [4.69, 9.17) is 0 Å². The maximum absolute atomic E-state index is 2.51. The van der Waals surface area contributed by atoms with E-state index in [0.29, 0.717) is 3.42 Å². The van der Waals surface area contributed by atoms with E-state index in [1.807, 2.05) is 0 Å². The second-order valence-corrected chi connectivity index (χ2v) is 4.85. The van der Waals surface area contributed by atoms with Crippen LogP contribution in [-0.4, -0.2) is 3.42 Å².